The summed E-state index contributed by atoms with van der Waals surface area (Å²) in [7, 11) is -3.38. The quantitative estimate of drug-likeness (QED) is 0.338. The van der Waals surface area contributed by atoms with Crippen LogP contribution in [0.4, 0.5) is 5.82 Å². The molecular weight excluding hydrogens is 504 g/mol. The molecule has 1 unspecified atom stereocenters. The number of hydrogen-bond donors (Lipinski definition) is 1. The Balaban J connectivity index is 1.53. The number of nitrogens with one attached hydrogen (secondary N) is 1. The van der Waals surface area contributed by atoms with Crippen LogP contribution in [0.3, 0.4) is 0 Å². The topological polar surface area (TPSA) is 146 Å². The monoisotopic (exact) mass is 534 g/mol. The molecule has 4 aromatic rings. The van der Waals surface area contributed by atoms with Crippen molar-refractivity contribution in [2.24, 2.45) is 0 Å². The zero-order valence-electron chi connectivity index (χ0n) is 21.8. The van der Waals surface area contributed by atoms with Gasteiger partial charge in [0.15, 0.2) is 32.2 Å². The SMILES string of the molecule is CCC(C)n1c(=O)c(NCc2ccc(S(=O)(=O)CC)nc2)nc2cnc(-c3c(C)ncnc3C3CC3)nc21. The van der Waals surface area contributed by atoms with Gasteiger partial charge < -0.3 is 5.32 Å². The second-order valence-corrected chi connectivity index (χ2v) is 11.8. The normalized spacial score (nSPS) is 14.5. The van der Waals surface area contributed by atoms with Gasteiger partial charge in [0.05, 0.1) is 28.9 Å². The van der Waals surface area contributed by atoms with Crippen molar-refractivity contribution in [2.45, 2.75) is 70.5 Å². The molecule has 0 spiro atoms. The van der Waals surface area contributed by atoms with Crippen molar-refractivity contribution in [1.82, 2.24) is 34.5 Å². The third-order valence-corrected chi connectivity index (χ3v) is 8.51. The van der Waals surface area contributed by atoms with E-state index >= 15 is 0 Å². The van der Waals surface area contributed by atoms with Crippen molar-refractivity contribution < 1.29 is 8.42 Å². The lowest BCUT2D eigenvalue weighted by Crippen LogP contribution is -2.28. The molecule has 11 nitrogen and oxygen atoms in total. The molecule has 1 aliphatic carbocycles. The Kier molecular flexibility index (Phi) is 6.91. The van der Waals surface area contributed by atoms with E-state index in [1.54, 1.807) is 30.1 Å². The molecule has 0 amide bonds. The molecule has 12 heteroatoms. The number of anilines is 1. The van der Waals surface area contributed by atoms with Crippen molar-refractivity contribution in [3.63, 3.8) is 0 Å². The molecule has 0 aliphatic heterocycles. The van der Waals surface area contributed by atoms with E-state index in [4.69, 9.17) is 4.98 Å². The summed E-state index contributed by atoms with van der Waals surface area (Å²) in [5, 5.41) is 3.12. The minimum Gasteiger partial charge on any atom is -0.361 e. The van der Waals surface area contributed by atoms with Crippen molar-refractivity contribution >= 4 is 26.8 Å². The summed E-state index contributed by atoms with van der Waals surface area (Å²) in [5.41, 5.74) is 3.95. The van der Waals surface area contributed by atoms with Crippen LogP contribution >= 0.6 is 0 Å². The molecule has 1 fully saturated rings. The number of fused-ring (bicyclic) bond motifs is 1. The molecule has 38 heavy (non-hydrogen) atoms. The molecule has 4 heterocycles. The lowest BCUT2D eigenvalue weighted by molar-refractivity contribution is 0.526. The van der Waals surface area contributed by atoms with Crippen LogP contribution in [0.15, 0.2) is 40.7 Å². The van der Waals surface area contributed by atoms with Gasteiger partial charge in [0.25, 0.3) is 5.56 Å². The van der Waals surface area contributed by atoms with E-state index in [1.165, 1.54) is 12.3 Å². The predicted octanol–water partition coefficient (Wildman–Crippen LogP) is 3.60. The van der Waals surface area contributed by atoms with Gasteiger partial charge in [0, 0.05) is 24.7 Å². The molecule has 198 valence electrons. The minimum absolute atomic E-state index is 0.0176. The first-order valence-electron chi connectivity index (χ1n) is 12.8. The van der Waals surface area contributed by atoms with Gasteiger partial charge in [0.1, 0.15) is 11.8 Å². The summed E-state index contributed by atoms with van der Waals surface area (Å²) in [6.45, 7) is 7.72. The van der Waals surface area contributed by atoms with Crippen LogP contribution in [0.1, 0.15) is 68.9 Å². The Labute approximate surface area is 220 Å². The highest BCUT2D eigenvalue weighted by Crippen LogP contribution is 2.43. The molecule has 0 aromatic carbocycles. The van der Waals surface area contributed by atoms with E-state index in [1.807, 2.05) is 20.8 Å². The standard InChI is InChI=1S/C26H30N8O3S/c1-5-15(3)34-25-19(13-29-23(33-25)21-16(4)30-14-31-22(21)18-8-9-18)32-24(26(34)35)28-12-17-7-10-20(27-11-17)38(36,37)6-2/h7,10-11,13-15,18H,5-6,8-9,12H2,1-4H3,(H,28,32). The molecule has 1 N–H and O–H groups in total. The van der Waals surface area contributed by atoms with E-state index in [9.17, 15) is 13.2 Å². The number of sulfone groups is 1. The molecule has 1 atom stereocenters. The van der Waals surface area contributed by atoms with Crippen molar-refractivity contribution in [3.05, 3.63) is 58.2 Å². The summed E-state index contributed by atoms with van der Waals surface area (Å²) >= 11 is 0. The summed E-state index contributed by atoms with van der Waals surface area (Å²) in [6.07, 6.45) is 7.58. The lowest BCUT2D eigenvalue weighted by Gasteiger charge is -2.18. The van der Waals surface area contributed by atoms with Crippen molar-refractivity contribution in [2.75, 3.05) is 11.1 Å². The van der Waals surface area contributed by atoms with Crippen molar-refractivity contribution in [1.29, 1.82) is 0 Å². The van der Waals surface area contributed by atoms with Crippen LogP contribution in [-0.4, -0.2) is 48.6 Å². The van der Waals surface area contributed by atoms with E-state index < -0.39 is 9.84 Å². The largest absolute Gasteiger partial charge is 0.361 e. The van der Waals surface area contributed by atoms with Gasteiger partial charge in [-0.25, -0.2) is 38.3 Å². The van der Waals surface area contributed by atoms with E-state index in [-0.39, 0.29) is 34.7 Å². The third kappa shape index (κ3) is 4.87. The van der Waals surface area contributed by atoms with Crippen LogP contribution in [0.5, 0.6) is 0 Å². The van der Waals surface area contributed by atoms with Crippen molar-refractivity contribution in [3.8, 4) is 11.4 Å². The fourth-order valence-corrected chi connectivity index (χ4v) is 5.08. The molecule has 0 radical (unpaired) electrons. The van der Waals surface area contributed by atoms with Gasteiger partial charge in [-0.2, -0.15) is 0 Å². The average molecular weight is 535 g/mol. The average Bonchev–Trinajstić information content (AvgIpc) is 3.77. The number of nitrogens with zero attached hydrogens (tertiary/aromatic N) is 7. The van der Waals surface area contributed by atoms with Gasteiger partial charge in [-0.05, 0) is 44.7 Å². The van der Waals surface area contributed by atoms with E-state index in [0.717, 1.165) is 41.8 Å². The number of pyridine rings is 1. The zero-order chi connectivity index (χ0) is 27.0. The van der Waals surface area contributed by atoms with E-state index in [0.29, 0.717) is 22.9 Å². The molecule has 0 bridgehead atoms. The number of rotatable bonds is 9. The van der Waals surface area contributed by atoms with Gasteiger partial charge in [-0.1, -0.05) is 19.9 Å². The first-order valence-corrected chi connectivity index (χ1v) is 14.4. The maximum Gasteiger partial charge on any atom is 0.295 e. The second kappa shape index (κ2) is 10.2. The van der Waals surface area contributed by atoms with Gasteiger partial charge >= 0.3 is 0 Å². The Morgan fingerprint density at radius 3 is 2.53 bits per heavy atom. The minimum atomic E-state index is -3.38. The molecule has 0 saturated heterocycles. The molecule has 5 rings (SSSR count). The van der Waals surface area contributed by atoms with Crippen LogP contribution in [0, 0.1) is 6.92 Å². The van der Waals surface area contributed by atoms with Gasteiger partial charge in [-0.3, -0.25) is 9.36 Å². The fraction of sp³-hybridized carbons (Fsp3) is 0.423. The molecule has 1 saturated carbocycles. The van der Waals surface area contributed by atoms with Crippen LogP contribution in [0.25, 0.3) is 22.6 Å². The Morgan fingerprint density at radius 1 is 1.08 bits per heavy atom. The highest BCUT2D eigenvalue weighted by Gasteiger charge is 2.30. The number of aromatic nitrogens is 7. The first-order chi connectivity index (χ1) is 18.2. The summed E-state index contributed by atoms with van der Waals surface area (Å²) in [5.74, 6) is 1.02. The van der Waals surface area contributed by atoms with Crippen LogP contribution in [-0.2, 0) is 16.4 Å². The third-order valence-electron chi connectivity index (χ3n) is 6.87. The lowest BCUT2D eigenvalue weighted by atomic mass is 10.1. The number of aryl methyl sites for hydroxylation is 1. The molecule has 1 aliphatic rings. The second-order valence-electron chi connectivity index (χ2n) is 9.55. The summed E-state index contributed by atoms with van der Waals surface area (Å²) in [6, 6.07) is 3.02. The Bertz CT molecular complexity index is 1660. The summed E-state index contributed by atoms with van der Waals surface area (Å²) < 4.78 is 25.7. The van der Waals surface area contributed by atoms with Crippen LogP contribution < -0.4 is 10.9 Å². The Morgan fingerprint density at radius 2 is 1.87 bits per heavy atom. The zero-order valence-corrected chi connectivity index (χ0v) is 22.7. The highest BCUT2D eigenvalue weighted by atomic mass is 32.2. The summed E-state index contributed by atoms with van der Waals surface area (Å²) in [4.78, 5) is 40.5. The highest BCUT2D eigenvalue weighted by molar-refractivity contribution is 7.91. The first kappa shape index (κ1) is 25.8. The molecule has 4 aromatic heterocycles. The Hall–Kier alpha value is -3.80. The maximum absolute atomic E-state index is 13.6. The smallest absolute Gasteiger partial charge is 0.295 e. The van der Waals surface area contributed by atoms with E-state index in [2.05, 4.69) is 30.2 Å². The fourth-order valence-electron chi connectivity index (χ4n) is 4.30. The predicted molar refractivity (Wildman–Crippen MR) is 144 cm³/mol. The van der Waals surface area contributed by atoms with Crippen LogP contribution in [0.2, 0.25) is 0 Å². The molecular formula is C26H30N8O3S. The number of hydrogen-bond acceptors (Lipinski definition) is 10. The maximum atomic E-state index is 13.6. The van der Waals surface area contributed by atoms with Gasteiger partial charge in [0.2, 0.25) is 0 Å². The van der Waals surface area contributed by atoms with Gasteiger partial charge in [-0.15, -0.1) is 0 Å².